The van der Waals surface area contributed by atoms with E-state index in [9.17, 15) is 4.79 Å². The highest BCUT2D eigenvalue weighted by molar-refractivity contribution is 5.96. The molecule has 0 spiro atoms. The van der Waals surface area contributed by atoms with Crippen LogP contribution in [0.1, 0.15) is 30.7 Å². The number of nitrogens with zero attached hydrogens (tertiary/aromatic N) is 1. The van der Waals surface area contributed by atoms with Gasteiger partial charge in [0.2, 0.25) is 5.91 Å². The summed E-state index contributed by atoms with van der Waals surface area (Å²) in [7, 11) is 0. The Morgan fingerprint density at radius 3 is 2.50 bits per heavy atom. The lowest BCUT2D eigenvalue weighted by Gasteiger charge is -2.09. The van der Waals surface area contributed by atoms with Crippen LogP contribution >= 0.6 is 0 Å². The number of hydrogen-bond acceptors (Lipinski definition) is 2. The Morgan fingerprint density at radius 1 is 1.28 bits per heavy atom. The van der Waals surface area contributed by atoms with Crippen LogP contribution in [0.4, 0.5) is 5.69 Å². The highest BCUT2D eigenvalue weighted by atomic mass is 16.2. The predicted octanol–water partition coefficient (Wildman–Crippen LogP) is 2.26. The fraction of sp³-hybridized carbons (Fsp3) is 0.714. The maximum absolute atomic E-state index is 12.4. The lowest BCUT2D eigenvalue weighted by Crippen LogP contribution is -2.19. The van der Waals surface area contributed by atoms with Crippen molar-refractivity contribution in [2.24, 2.45) is 29.6 Å². The standard InChI is InChI=1S/C14H19N3O/c1-6-13(7(2)17-16-6)15-14(18)12-10-8-3-4-9(5-8)11(10)12/h8-12H,3-5H2,1-2H3,(H,15,18)(H,16,17). The zero-order valence-electron chi connectivity index (χ0n) is 10.9. The number of carbonyl (C=O) groups is 1. The van der Waals surface area contributed by atoms with Crippen molar-refractivity contribution in [1.29, 1.82) is 0 Å². The molecule has 4 nitrogen and oxygen atoms in total. The molecule has 3 aliphatic carbocycles. The maximum atomic E-state index is 12.4. The number of carbonyl (C=O) groups excluding carboxylic acids is 1. The molecule has 1 aromatic rings. The van der Waals surface area contributed by atoms with Gasteiger partial charge >= 0.3 is 0 Å². The van der Waals surface area contributed by atoms with E-state index >= 15 is 0 Å². The Balaban J connectivity index is 1.50. The van der Waals surface area contributed by atoms with E-state index in [0.29, 0.717) is 17.8 Å². The van der Waals surface area contributed by atoms with Crippen molar-refractivity contribution < 1.29 is 4.79 Å². The summed E-state index contributed by atoms with van der Waals surface area (Å²) in [4.78, 5) is 12.4. The van der Waals surface area contributed by atoms with E-state index < -0.39 is 0 Å². The molecule has 3 saturated carbocycles. The van der Waals surface area contributed by atoms with Gasteiger partial charge in [-0.15, -0.1) is 0 Å². The van der Waals surface area contributed by atoms with E-state index in [0.717, 1.165) is 28.9 Å². The third-order valence-corrected chi connectivity index (χ3v) is 5.41. The predicted molar refractivity (Wildman–Crippen MR) is 68.0 cm³/mol. The van der Waals surface area contributed by atoms with E-state index in [2.05, 4.69) is 15.5 Å². The van der Waals surface area contributed by atoms with Crippen molar-refractivity contribution in [3.05, 3.63) is 11.4 Å². The van der Waals surface area contributed by atoms with Crippen molar-refractivity contribution >= 4 is 11.6 Å². The number of aryl methyl sites for hydroxylation is 2. The van der Waals surface area contributed by atoms with Gasteiger partial charge in [-0.3, -0.25) is 9.89 Å². The Bertz CT molecular complexity index is 486. The SMILES string of the molecule is Cc1n[nH]c(C)c1NC(=O)C1C2C3CCC(C3)C12. The zero-order chi connectivity index (χ0) is 12.4. The summed E-state index contributed by atoms with van der Waals surface area (Å²) in [6.45, 7) is 3.88. The molecule has 1 heterocycles. The molecular weight excluding hydrogens is 226 g/mol. The number of amides is 1. The smallest absolute Gasteiger partial charge is 0.228 e. The van der Waals surface area contributed by atoms with Crippen molar-refractivity contribution in [2.75, 3.05) is 5.32 Å². The molecular formula is C14H19N3O. The lowest BCUT2D eigenvalue weighted by atomic mass is 10.0. The Hall–Kier alpha value is -1.32. The first-order chi connectivity index (χ1) is 8.66. The van der Waals surface area contributed by atoms with E-state index in [1.54, 1.807) is 0 Å². The van der Waals surface area contributed by atoms with Crippen LogP contribution in [-0.4, -0.2) is 16.1 Å². The molecule has 4 atom stereocenters. The minimum absolute atomic E-state index is 0.231. The number of rotatable bonds is 2. The van der Waals surface area contributed by atoms with Crippen LogP contribution in [0, 0.1) is 43.4 Å². The average molecular weight is 245 g/mol. The summed E-state index contributed by atoms with van der Waals surface area (Å²) in [5.41, 5.74) is 2.72. The molecule has 4 unspecified atom stereocenters. The topological polar surface area (TPSA) is 57.8 Å². The van der Waals surface area contributed by atoms with E-state index in [1.807, 2.05) is 13.8 Å². The fourth-order valence-corrected chi connectivity index (χ4v) is 4.62. The van der Waals surface area contributed by atoms with Crippen LogP contribution in [0.15, 0.2) is 0 Å². The van der Waals surface area contributed by atoms with Gasteiger partial charge in [-0.05, 0) is 56.8 Å². The van der Waals surface area contributed by atoms with E-state index in [4.69, 9.17) is 0 Å². The molecule has 2 bridgehead atoms. The fourth-order valence-electron chi connectivity index (χ4n) is 4.62. The van der Waals surface area contributed by atoms with Gasteiger partial charge in [0.1, 0.15) is 0 Å². The number of anilines is 1. The zero-order valence-corrected chi connectivity index (χ0v) is 10.9. The van der Waals surface area contributed by atoms with Crippen molar-refractivity contribution in [3.63, 3.8) is 0 Å². The van der Waals surface area contributed by atoms with Gasteiger partial charge in [-0.2, -0.15) is 5.10 Å². The van der Waals surface area contributed by atoms with E-state index in [-0.39, 0.29) is 5.91 Å². The van der Waals surface area contributed by atoms with Gasteiger partial charge in [-0.25, -0.2) is 0 Å². The van der Waals surface area contributed by atoms with Crippen LogP contribution in [-0.2, 0) is 4.79 Å². The first kappa shape index (κ1) is 10.6. The van der Waals surface area contributed by atoms with E-state index in [1.165, 1.54) is 19.3 Å². The number of aromatic nitrogens is 2. The molecule has 2 N–H and O–H groups in total. The third kappa shape index (κ3) is 1.26. The Morgan fingerprint density at radius 2 is 1.94 bits per heavy atom. The van der Waals surface area contributed by atoms with Gasteiger partial charge in [0, 0.05) is 5.92 Å². The summed E-state index contributed by atoms with van der Waals surface area (Å²) < 4.78 is 0. The minimum atomic E-state index is 0.231. The number of nitrogens with one attached hydrogen (secondary N) is 2. The van der Waals surface area contributed by atoms with Crippen LogP contribution < -0.4 is 5.32 Å². The molecule has 0 saturated heterocycles. The first-order valence-corrected chi connectivity index (χ1v) is 6.99. The Labute approximate surface area is 107 Å². The van der Waals surface area contributed by atoms with Crippen molar-refractivity contribution in [1.82, 2.24) is 10.2 Å². The van der Waals surface area contributed by atoms with Gasteiger partial charge in [-0.1, -0.05) is 0 Å². The second kappa shape index (κ2) is 3.37. The van der Waals surface area contributed by atoms with Gasteiger partial charge < -0.3 is 5.32 Å². The molecule has 18 heavy (non-hydrogen) atoms. The number of aromatic amines is 1. The molecule has 3 aliphatic rings. The number of H-pyrrole nitrogens is 1. The molecule has 3 fully saturated rings. The number of fused-ring (bicyclic) bond motifs is 5. The normalized spacial score (nSPS) is 39.8. The monoisotopic (exact) mass is 245 g/mol. The minimum Gasteiger partial charge on any atom is -0.323 e. The quantitative estimate of drug-likeness (QED) is 0.839. The summed E-state index contributed by atoms with van der Waals surface area (Å²) >= 11 is 0. The highest BCUT2D eigenvalue weighted by Gasteiger charge is 2.67. The second-order valence-electron chi connectivity index (χ2n) is 6.31. The largest absolute Gasteiger partial charge is 0.323 e. The van der Waals surface area contributed by atoms with Crippen LogP contribution in [0.2, 0.25) is 0 Å². The lowest BCUT2D eigenvalue weighted by molar-refractivity contribution is -0.118. The Kier molecular flexibility index (Phi) is 1.98. The molecule has 4 heteroatoms. The molecule has 0 radical (unpaired) electrons. The summed E-state index contributed by atoms with van der Waals surface area (Å²) in [6.07, 6.45) is 4.11. The van der Waals surface area contributed by atoms with Gasteiger partial charge in [0.25, 0.3) is 0 Å². The molecule has 1 amide bonds. The number of hydrogen-bond donors (Lipinski definition) is 2. The van der Waals surface area contributed by atoms with Crippen molar-refractivity contribution in [2.45, 2.75) is 33.1 Å². The third-order valence-electron chi connectivity index (χ3n) is 5.41. The van der Waals surface area contributed by atoms with Crippen molar-refractivity contribution in [3.8, 4) is 0 Å². The van der Waals surface area contributed by atoms with Crippen LogP contribution in [0.25, 0.3) is 0 Å². The summed E-state index contributed by atoms with van der Waals surface area (Å²) in [5.74, 6) is 3.64. The molecule has 1 aromatic heterocycles. The van der Waals surface area contributed by atoms with Crippen LogP contribution in [0.3, 0.4) is 0 Å². The van der Waals surface area contributed by atoms with Gasteiger partial charge in [0.15, 0.2) is 0 Å². The summed E-state index contributed by atoms with van der Waals surface area (Å²) in [6, 6.07) is 0. The molecule has 96 valence electrons. The molecule has 0 aromatic carbocycles. The molecule has 4 rings (SSSR count). The maximum Gasteiger partial charge on any atom is 0.228 e. The van der Waals surface area contributed by atoms with Gasteiger partial charge in [0.05, 0.1) is 17.1 Å². The molecule has 0 aliphatic heterocycles. The second-order valence-corrected chi connectivity index (χ2v) is 6.31. The van der Waals surface area contributed by atoms with Crippen LogP contribution in [0.5, 0.6) is 0 Å². The first-order valence-electron chi connectivity index (χ1n) is 6.99. The highest BCUT2D eigenvalue weighted by Crippen LogP contribution is 2.69. The summed E-state index contributed by atoms with van der Waals surface area (Å²) in [5, 5.41) is 10.1. The average Bonchev–Trinajstić information content (AvgIpc) is 2.63.